The highest BCUT2D eigenvalue weighted by atomic mass is 32.1. The molecule has 0 bridgehead atoms. The zero-order valence-electron chi connectivity index (χ0n) is 23.7. The maximum Gasteiger partial charge on any atom is 0.169 e. The number of likely N-dealkylation sites (tertiary alicyclic amines) is 1. The number of thiophene rings is 1. The summed E-state index contributed by atoms with van der Waals surface area (Å²) in [5, 5.41) is 8.82. The first kappa shape index (κ1) is 26.6. The fraction of sp³-hybridized carbons (Fsp3) is 0.273. The Bertz CT molecular complexity index is 1850. The lowest BCUT2D eigenvalue weighted by Gasteiger charge is -2.15. The third-order valence-corrected chi connectivity index (χ3v) is 9.20. The number of Topliss-reactive ketones (excluding diaryl/α,β-unsaturated/α-hetero) is 1. The van der Waals surface area contributed by atoms with Gasteiger partial charge >= 0.3 is 0 Å². The Balaban J connectivity index is 1.19. The van der Waals surface area contributed by atoms with Gasteiger partial charge in [-0.2, -0.15) is 5.10 Å². The molecular formula is C33H32N6O2S. The van der Waals surface area contributed by atoms with Crippen molar-refractivity contribution < 1.29 is 9.53 Å². The lowest BCUT2D eigenvalue weighted by Crippen LogP contribution is -2.25. The zero-order valence-corrected chi connectivity index (χ0v) is 24.6. The molecule has 1 aliphatic carbocycles. The van der Waals surface area contributed by atoms with Gasteiger partial charge in [-0.05, 0) is 70.1 Å². The largest absolute Gasteiger partial charge is 0.491 e. The Hall–Kier alpha value is -4.34. The quantitative estimate of drug-likeness (QED) is 0.200. The van der Waals surface area contributed by atoms with E-state index in [0.29, 0.717) is 6.61 Å². The highest BCUT2D eigenvalue weighted by Crippen LogP contribution is 2.38. The molecule has 0 unspecified atom stereocenters. The van der Waals surface area contributed by atoms with Crippen LogP contribution in [-0.2, 0) is 6.42 Å². The molecule has 7 rings (SSSR count). The number of rotatable bonds is 8. The number of ketones is 1. The van der Waals surface area contributed by atoms with Crippen molar-refractivity contribution in [2.45, 2.75) is 33.1 Å². The highest BCUT2D eigenvalue weighted by Gasteiger charge is 2.21. The molecule has 8 nitrogen and oxygen atoms in total. The summed E-state index contributed by atoms with van der Waals surface area (Å²) in [5.41, 5.74) is 8.97. The van der Waals surface area contributed by atoms with Crippen molar-refractivity contribution in [3.05, 3.63) is 87.7 Å². The van der Waals surface area contributed by atoms with Gasteiger partial charge in [0.1, 0.15) is 18.1 Å². The average molecular weight is 577 g/mol. The summed E-state index contributed by atoms with van der Waals surface area (Å²) < 4.78 is 6.04. The van der Waals surface area contributed by atoms with Crippen LogP contribution >= 0.6 is 11.3 Å². The summed E-state index contributed by atoms with van der Waals surface area (Å²) >= 11 is 1.53. The van der Waals surface area contributed by atoms with Crippen LogP contribution in [0, 0.1) is 0 Å². The van der Waals surface area contributed by atoms with E-state index in [1.54, 1.807) is 13.1 Å². The molecule has 1 fully saturated rings. The van der Waals surface area contributed by atoms with Crippen LogP contribution in [0.5, 0.6) is 5.75 Å². The van der Waals surface area contributed by atoms with Gasteiger partial charge in [-0.15, -0.1) is 11.3 Å². The topological polar surface area (TPSA) is 99.8 Å². The SMILES string of the molecule is CC(=O)c1ccc(C2=CC=C(C)Cc3[nH]c(-c4n[nH]c5cnc(-c6cncc(OCCN7CCCC7)c6)cc45)cc32)s1. The standard InChI is InChI=1S/C33H32N6O2S/c1-20-5-6-24(32-8-7-31(42-32)21(2)40)25-15-29(36-28(25)13-20)33-26-16-27(35-19-30(26)37-38-33)22-14-23(18-34-17-22)41-12-11-39-9-3-4-10-39/h5-8,14-19,36H,3-4,9-13H2,1-2H3,(H,37,38). The van der Waals surface area contributed by atoms with Gasteiger partial charge in [0.2, 0.25) is 0 Å². The third-order valence-electron chi connectivity index (χ3n) is 7.98. The van der Waals surface area contributed by atoms with Crippen molar-refractivity contribution in [3.8, 4) is 28.4 Å². The molecular weight excluding hydrogens is 544 g/mol. The van der Waals surface area contributed by atoms with E-state index in [0.717, 1.165) is 91.9 Å². The monoisotopic (exact) mass is 576 g/mol. The highest BCUT2D eigenvalue weighted by molar-refractivity contribution is 7.15. The first-order chi connectivity index (χ1) is 20.5. The Morgan fingerprint density at radius 2 is 1.98 bits per heavy atom. The van der Waals surface area contributed by atoms with Gasteiger partial charge in [-0.3, -0.25) is 24.8 Å². The van der Waals surface area contributed by atoms with Gasteiger partial charge in [0.05, 0.1) is 34.2 Å². The van der Waals surface area contributed by atoms with Crippen LogP contribution in [0.2, 0.25) is 0 Å². The van der Waals surface area contributed by atoms with E-state index in [1.165, 1.54) is 29.8 Å². The lowest BCUT2D eigenvalue weighted by molar-refractivity contribution is 0.102. The van der Waals surface area contributed by atoms with Gasteiger partial charge in [0, 0.05) is 51.8 Å². The Morgan fingerprint density at radius 3 is 2.81 bits per heavy atom. The second-order valence-corrected chi connectivity index (χ2v) is 12.1. The zero-order chi connectivity index (χ0) is 28.6. The second-order valence-electron chi connectivity index (χ2n) is 11.1. The summed E-state index contributed by atoms with van der Waals surface area (Å²) in [4.78, 5) is 29.0. The van der Waals surface area contributed by atoms with E-state index in [2.05, 4.69) is 56.3 Å². The van der Waals surface area contributed by atoms with E-state index in [4.69, 9.17) is 9.72 Å². The number of fused-ring (bicyclic) bond motifs is 2. The number of pyridine rings is 2. The number of aromatic amines is 2. The molecule has 1 aliphatic heterocycles. The molecule has 1 saturated heterocycles. The predicted molar refractivity (Wildman–Crippen MR) is 167 cm³/mol. The minimum Gasteiger partial charge on any atom is -0.491 e. The molecule has 0 aromatic carbocycles. The number of hydrogen-bond donors (Lipinski definition) is 2. The molecule has 5 aromatic heterocycles. The first-order valence-corrected chi connectivity index (χ1v) is 15.2. The smallest absolute Gasteiger partial charge is 0.169 e. The number of carbonyl (C=O) groups is 1. The molecule has 5 aromatic rings. The molecule has 6 heterocycles. The van der Waals surface area contributed by atoms with Gasteiger partial charge in [0.15, 0.2) is 5.78 Å². The minimum absolute atomic E-state index is 0.0870. The molecule has 0 spiro atoms. The molecule has 0 radical (unpaired) electrons. The molecule has 0 saturated carbocycles. The number of nitrogens with one attached hydrogen (secondary N) is 2. The maximum absolute atomic E-state index is 12.0. The molecule has 42 heavy (non-hydrogen) atoms. The molecule has 212 valence electrons. The van der Waals surface area contributed by atoms with Crippen LogP contribution in [0.4, 0.5) is 0 Å². The van der Waals surface area contributed by atoms with E-state index in [1.807, 2.05) is 30.6 Å². The van der Waals surface area contributed by atoms with Gasteiger partial charge in [0.25, 0.3) is 0 Å². The summed E-state index contributed by atoms with van der Waals surface area (Å²) in [6.45, 7) is 7.65. The fourth-order valence-corrected chi connectivity index (χ4v) is 6.70. The number of nitrogens with zero attached hydrogens (tertiary/aromatic N) is 4. The molecule has 2 N–H and O–H groups in total. The van der Waals surface area contributed by atoms with Crippen LogP contribution < -0.4 is 4.74 Å². The van der Waals surface area contributed by atoms with E-state index < -0.39 is 0 Å². The lowest BCUT2D eigenvalue weighted by atomic mass is 10.0. The van der Waals surface area contributed by atoms with E-state index in [-0.39, 0.29) is 5.78 Å². The normalized spacial score (nSPS) is 15.4. The Morgan fingerprint density at radius 1 is 1.10 bits per heavy atom. The van der Waals surface area contributed by atoms with Crippen molar-refractivity contribution in [1.82, 2.24) is 30.0 Å². The molecule has 2 aliphatic rings. The number of aromatic nitrogens is 5. The first-order valence-electron chi connectivity index (χ1n) is 14.4. The number of H-pyrrole nitrogens is 2. The molecule has 0 atom stereocenters. The summed E-state index contributed by atoms with van der Waals surface area (Å²) in [5.74, 6) is 0.835. The van der Waals surface area contributed by atoms with Crippen LogP contribution in [0.25, 0.3) is 39.1 Å². The predicted octanol–water partition coefficient (Wildman–Crippen LogP) is 6.69. The van der Waals surface area contributed by atoms with Crippen molar-refractivity contribution in [1.29, 1.82) is 0 Å². The van der Waals surface area contributed by atoms with Crippen molar-refractivity contribution in [3.63, 3.8) is 0 Å². The van der Waals surface area contributed by atoms with Crippen molar-refractivity contribution in [2.75, 3.05) is 26.2 Å². The number of carbonyl (C=O) groups excluding carboxylic acids is 1. The van der Waals surface area contributed by atoms with Crippen LogP contribution in [0.3, 0.4) is 0 Å². The summed E-state index contributed by atoms with van der Waals surface area (Å²) in [6, 6.07) is 10.2. The Labute approximate surface area is 248 Å². The number of ether oxygens (including phenoxy) is 1. The van der Waals surface area contributed by atoms with Crippen molar-refractivity contribution in [2.24, 2.45) is 0 Å². The average Bonchev–Trinajstić information content (AvgIpc) is 3.80. The number of hydrogen-bond acceptors (Lipinski definition) is 7. The van der Waals surface area contributed by atoms with Crippen LogP contribution in [-0.4, -0.2) is 62.1 Å². The third kappa shape index (κ3) is 5.21. The van der Waals surface area contributed by atoms with E-state index >= 15 is 0 Å². The minimum atomic E-state index is 0.0870. The molecule has 0 amide bonds. The Kier molecular flexibility index (Phi) is 7.05. The van der Waals surface area contributed by atoms with E-state index in [9.17, 15) is 4.79 Å². The van der Waals surface area contributed by atoms with Gasteiger partial charge in [-0.25, -0.2) is 0 Å². The summed E-state index contributed by atoms with van der Waals surface area (Å²) in [7, 11) is 0. The van der Waals surface area contributed by atoms with Gasteiger partial charge in [-0.1, -0.05) is 17.7 Å². The summed E-state index contributed by atoms with van der Waals surface area (Å²) in [6.07, 6.45) is 13.1. The van der Waals surface area contributed by atoms with Crippen molar-refractivity contribution >= 4 is 33.6 Å². The second kappa shape index (κ2) is 11.2. The maximum atomic E-state index is 12.0. The fourth-order valence-electron chi connectivity index (χ4n) is 5.76. The molecule has 9 heteroatoms. The van der Waals surface area contributed by atoms with Gasteiger partial charge < -0.3 is 9.72 Å². The number of allylic oxidation sites excluding steroid dienone is 3. The van der Waals surface area contributed by atoms with Crippen LogP contribution in [0.15, 0.2) is 66.6 Å². The van der Waals surface area contributed by atoms with Crippen LogP contribution in [0.1, 0.15) is 52.5 Å².